The van der Waals surface area contributed by atoms with Crippen LogP contribution >= 0.6 is 7.60 Å². The Morgan fingerprint density at radius 1 is 1.31 bits per heavy atom. The minimum absolute atomic E-state index is 0.394. The van der Waals surface area contributed by atoms with E-state index in [2.05, 4.69) is 16.1 Å². The van der Waals surface area contributed by atoms with Crippen LogP contribution in [0.5, 0.6) is 0 Å². The van der Waals surface area contributed by atoms with Crippen molar-refractivity contribution in [2.45, 2.75) is 12.6 Å². The van der Waals surface area contributed by atoms with E-state index < -0.39 is 25.2 Å². The van der Waals surface area contributed by atoms with Crippen LogP contribution in [0.4, 0.5) is 0 Å². The zero-order chi connectivity index (χ0) is 13.4. The largest absolute Gasteiger partial charge is 0.468 e. The number of hydrogen-bond acceptors (Lipinski definition) is 5. The van der Waals surface area contributed by atoms with Crippen molar-refractivity contribution < 1.29 is 33.4 Å². The molecule has 0 spiro atoms. The van der Waals surface area contributed by atoms with Crippen molar-refractivity contribution in [3.05, 3.63) is 12.7 Å². The first kappa shape index (κ1) is 17.2. The van der Waals surface area contributed by atoms with E-state index in [1.54, 1.807) is 0 Å². The quantitative estimate of drug-likeness (QED) is 0.416. The molecule has 0 amide bonds. The monoisotopic (exact) mass is 254 g/mol. The van der Waals surface area contributed by atoms with Crippen LogP contribution in [0.2, 0.25) is 0 Å². The number of esters is 2. The van der Waals surface area contributed by atoms with E-state index in [-0.39, 0.29) is 0 Å². The first-order valence-corrected chi connectivity index (χ1v) is 5.72. The van der Waals surface area contributed by atoms with Gasteiger partial charge in [-0.25, -0.2) is 4.79 Å². The summed E-state index contributed by atoms with van der Waals surface area (Å²) >= 11 is 0. The third-order valence-electron chi connectivity index (χ3n) is 1.41. The zero-order valence-electron chi connectivity index (χ0n) is 9.24. The summed E-state index contributed by atoms with van der Waals surface area (Å²) in [5, 5.41) is 0. The summed E-state index contributed by atoms with van der Waals surface area (Å²) < 4.78 is 18.6. The summed E-state index contributed by atoms with van der Waals surface area (Å²) in [6.07, 6.45) is 1.11. The van der Waals surface area contributed by atoms with Crippen LogP contribution in [0.3, 0.4) is 0 Å². The average Bonchev–Trinajstić information content (AvgIpc) is 2.25. The first-order valence-electron chi connectivity index (χ1n) is 4.04. The molecule has 0 aliphatic rings. The molecule has 1 atom stereocenters. The molecule has 2 N–H and O–H groups in total. The lowest BCUT2D eigenvalue weighted by atomic mass is 10.5. The maximum absolute atomic E-state index is 10.4. The normalized spacial score (nSPS) is 11.6. The minimum Gasteiger partial charge on any atom is -0.468 e. The molecule has 0 fully saturated rings. The van der Waals surface area contributed by atoms with Crippen molar-refractivity contribution in [3.63, 3.8) is 0 Å². The Labute approximate surface area is 93.2 Å². The molecule has 0 aliphatic carbocycles. The fraction of sp³-hybridized carbons (Fsp3) is 0.500. The molecule has 0 bridgehead atoms. The lowest BCUT2D eigenvalue weighted by molar-refractivity contribution is -0.140. The SMILES string of the molecule is C=CC(=O)OC.COC(=O)C(C)P(=O)(O)O. The molecule has 0 aliphatic heterocycles. The van der Waals surface area contributed by atoms with Crippen LogP contribution in [-0.2, 0) is 23.6 Å². The van der Waals surface area contributed by atoms with Crippen LogP contribution in [0.15, 0.2) is 12.7 Å². The number of carbonyl (C=O) groups is 2. The highest BCUT2D eigenvalue weighted by Crippen LogP contribution is 2.41. The van der Waals surface area contributed by atoms with Gasteiger partial charge in [-0.05, 0) is 6.92 Å². The lowest BCUT2D eigenvalue weighted by Gasteiger charge is -2.09. The highest BCUT2D eigenvalue weighted by molar-refractivity contribution is 7.53. The van der Waals surface area contributed by atoms with Gasteiger partial charge < -0.3 is 19.3 Å². The molecule has 0 heterocycles. The van der Waals surface area contributed by atoms with E-state index in [9.17, 15) is 14.2 Å². The van der Waals surface area contributed by atoms with E-state index >= 15 is 0 Å². The highest BCUT2D eigenvalue weighted by atomic mass is 31.2. The highest BCUT2D eigenvalue weighted by Gasteiger charge is 2.31. The van der Waals surface area contributed by atoms with Gasteiger partial charge in [0.05, 0.1) is 14.2 Å². The molecule has 0 aromatic rings. The number of rotatable bonds is 3. The summed E-state index contributed by atoms with van der Waals surface area (Å²) in [4.78, 5) is 37.1. The van der Waals surface area contributed by atoms with Crippen molar-refractivity contribution >= 4 is 19.5 Å². The van der Waals surface area contributed by atoms with E-state index in [1.165, 1.54) is 7.11 Å². The Balaban J connectivity index is 0. The van der Waals surface area contributed by atoms with Gasteiger partial charge in [0, 0.05) is 6.08 Å². The molecule has 16 heavy (non-hydrogen) atoms. The number of methoxy groups -OCH3 is 2. The van der Waals surface area contributed by atoms with Gasteiger partial charge in [-0.1, -0.05) is 6.58 Å². The minimum atomic E-state index is -4.30. The second-order valence-electron chi connectivity index (χ2n) is 2.52. The maximum Gasteiger partial charge on any atom is 0.339 e. The van der Waals surface area contributed by atoms with Gasteiger partial charge in [0.15, 0.2) is 5.66 Å². The molecule has 7 nitrogen and oxygen atoms in total. The molecule has 1 unspecified atom stereocenters. The fourth-order valence-corrected chi connectivity index (χ4v) is 0.771. The van der Waals surface area contributed by atoms with Crippen LogP contribution in [0.1, 0.15) is 6.92 Å². The summed E-state index contributed by atoms with van der Waals surface area (Å²) in [5.41, 5.74) is -1.36. The smallest absolute Gasteiger partial charge is 0.339 e. The average molecular weight is 254 g/mol. The van der Waals surface area contributed by atoms with Gasteiger partial charge in [-0.3, -0.25) is 9.36 Å². The molecular weight excluding hydrogens is 239 g/mol. The second kappa shape index (κ2) is 8.04. The number of ether oxygens (including phenoxy) is 2. The lowest BCUT2D eigenvalue weighted by Crippen LogP contribution is -2.18. The van der Waals surface area contributed by atoms with Crippen molar-refractivity contribution in [1.29, 1.82) is 0 Å². The molecule has 0 saturated carbocycles. The summed E-state index contributed by atoms with van der Waals surface area (Å²) in [6.45, 7) is 4.27. The molecule has 0 aromatic heterocycles. The van der Waals surface area contributed by atoms with E-state index in [0.29, 0.717) is 0 Å². The Kier molecular flexibility index (Phi) is 8.66. The molecule has 0 saturated heterocycles. The van der Waals surface area contributed by atoms with Crippen molar-refractivity contribution in [2.75, 3.05) is 14.2 Å². The van der Waals surface area contributed by atoms with Crippen LogP contribution in [-0.4, -0.2) is 41.6 Å². The zero-order valence-corrected chi connectivity index (χ0v) is 10.1. The topological polar surface area (TPSA) is 110 Å². The van der Waals surface area contributed by atoms with Gasteiger partial charge >= 0.3 is 19.5 Å². The summed E-state index contributed by atoms with van der Waals surface area (Å²) in [6, 6.07) is 0. The predicted molar refractivity (Wildman–Crippen MR) is 55.7 cm³/mol. The van der Waals surface area contributed by atoms with Gasteiger partial charge in [0.25, 0.3) is 0 Å². The molecule has 8 heteroatoms. The molecule has 94 valence electrons. The van der Waals surface area contributed by atoms with Crippen molar-refractivity contribution in [2.24, 2.45) is 0 Å². The van der Waals surface area contributed by atoms with Crippen molar-refractivity contribution in [3.8, 4) is 0 Å². The Morgan fingerprint density at radius 2 is 1.75 bits per heavy atom. The molecular formula is C8H15O7P. The Morgan fingerprint density at radius 3 is 1.81 bits per heavy atom. The summed E-state index contributed by atoms with van der Waals surface area (Å²) in [7, 11) is -1.92. The Hall–Kier alpha value is -1.17. The van der Waals surface area contributed by atoms with Gasteiger partial charge in [-0.15, -0.1) is 0 Å². The standard InChI is InChI=1S/C4H9O5P.C4H6O2/c1-3(4(5)9-2)10(6,7)8;1-3-4(5)6-2/h3H,1-2H3,(H2,6,7,8);3H,1H2,2H3. The van der Waals surface area contributed by atoms with Gasteiger partial charge in [0.2, 0.25) is 0 Å². The third-order valence-corrected chi connectivity index (χ3v) is 2.63. The number of hydrogen-bond donors (Lipinski definition) is 2. The first-order chi connectivity index (χ1) is 7.20. The number of carbonyl (C=O) groups excluding carboxylic acids is 2. The van der Waals surface area contributed by atoms with Gasteiger partial charge in [-0.2, -0.15) is 0 Å². The summed E-state index contributed by atoms with van der Waals surface area (Å²) in [5.74, 6) is -1.29. The van der Waals surface area contributed by atoms with Crippen LogP contribution in [0.25, 0.3) is 0 Å². The van der Waals surface area contributed by atoms with Crippen molar-refractivity contribution in [1.82, 2.24) is 0 Å². The maximum atomic E-state index is 10.4. The predicted octanol–water partition coefficient (Wildman–Crippen LogP) is 0.0710. The molecule has 0 rings (SSSR count). The molecule has 0 radical (unpaired) electrons. The van der Waals surface area contributed by atoms with Crippen LogP contribution in [0, 0.1) is 0 Å². The van der Waals surface area contributed by atoms with Crippen LogP contribution < -0.4 is 0 Å². The van der Waals surface area contributed by atoms with E-state index in [0.717, 1.165) is 20.1 Å². The molecule has 0 aromatic carbocycles. The van der Waals surface area contributed by atoms with E-state index in [1.807, 2.05) is 0 Å². The van der Waals surface area contributed by atoms with Gasteiger partial charge in [0.1, 0.15) is 0 Å². The third kappa shape index (κ3) is 8.16. The van der Waals surface area contributed by atoms with E-state index in [4.69, 9.17) is 9.79 Å². The second-order valence-corrected chi connectivity index (χ2v) is 4.47. The Bertz CT molecular complexity index is 293. The fourth-order valence-electron chi connectivity index (χ4n) is 0.391.